The molecule has 7 aromatic carbocycles. The fourth-order valence-corrected chi connectivity index (χ4v) is 28.5. The predicted octanol–water partition coefficient (Wildman–Crippen LogP) is 17.7. The SMILES string of the molecule is COCCOC(OCCOC)O[C@@H]1[C@H]([18O]C(=O)[C@H](Cc2ccccc2)NC(=O)CCCCCNC(=O)CCCC[C@@H]2SC[C@H]3[C@@H]2NC(=O)N3C(c2ccccc2)(c2ccc(OC)cc2)c2ccc(OC)cc2)[C@@H](CO[Si](OC2CCCCCCCCCCC2)(O[Si](C)(C)C)O[Si](C)(C)C)O[C@H]1n1cnc2c(NC(c3ccccc3)(c3ccc(OC)cc3)c3ccc(OC)cc3)ncnc21. The Morgan fingerprint density at radius 2 is 1.07 bits per heavy atom. The Bertz CT molecular complexity index is 4980. The first-order chi connectivity index (χ1) is 65.0. The molecule has 4 aliphatic rings. The van der Waals surface area contributed by atoms with Gasteiger partial charge >= 0.3 is 21.0 Å². The lowest BCUT2D eigenvalue weighted by molar-refractivity contribution is -0.321. The molecule has 0 unspecified atom stereocenters. The fourth-order valence-electron chi connectivity index (χ4n) is 18.5. The van der Waals surface area contributed by atoms with Crippen LogP contribution in [0.3, 0.4) is 0 Å². The molecule has 3 aliphatic heterocycles. The maximum Gasteiger partial charge on any atom is 0.658 e. The van der Waals surface area contributed by atoms with Crippen molar-refractivity contribution in [2.45, 2.75) is 239 Å². The third kappa shape index (κ3) is 26.6. The lowest BCUT2D eigenvalue weighted by atomic mass is 9.74. The summed E-state index contributed by atoms with van der Waals surface area (Å²) in [6, 6.07) is 59.8. The average Bonchev–Trinajstić information content (AvgIpc) is 1.51. The number of urea groups is 1. The first kappa shape index (κ1) is 102. The van der Waals surface area contributed by atoms with Crippen molar-refractivity contribution in [3.63, 3.8) is 0 Å². The van der Waals surface area contributed by atoms with Crippen molar-refractivity contribution >= 4 is 78.2 Å². The van der Waals surface area contributed by atoms with E-state index in [2.05, 4.69) is 114 Å². The van der Waals surface area contributed by atoms with E-state index in [9.17, 15) is 14.4 Å². The average molecular weight is 1910 g/mol. The van der Waals surface area contributed by atoms with Crippen LogP contribution in [0, 0.1) is 0 Å². The number of thioether (sulfide) groups is 1. The van der Waals surface area contributed by atoms with E-state index in [0.717, 1.165) is 109 Å². The normalized spacial score (nSPS) is 19.1. The number of nitrogens with one attached hydrogen (secondary N) is 4. The molecule has 32 heteroatoms. The molecule has 3 saturated heterocycles. The highest BCUT2D eigenvalue weighted by molar-refractivity contribution is 8.00. The van der Waals surface area contributed by atoms with Crippen LogP contribution in [0.15, 0.2) is 201 Å². The number of methoxy groups -OCH3 is 6. The van der Waals surface area contributed by atoms with E-state index in [4.69, 9.17) is 84.1 Å². The smallest absolute Gasteiger partial charge is 0.497 e. The summed E-state index contributed by atoms with van der Waals surface area (Å²) in [5.41, 5.74) is 4.59. The number of esters is 1. The van der Waals surface area contributed by atoms with Gasteiger partial charge < -0.3 is 95.4 Å². The second-order valence-corrected chi connectivity index (χ2v) is 49.5. The van der Waals surface area contributed by atoms with Crippen LogP contribution in [-0.4, -0.2) is 216 Å². The quantitative estimate of drug-likeness (QED) is 0.00524. The summed E-state index contributed by atoms with van der Waals surface area (Å²) < 4.78 is 99.6. The van der Waals surface area contributed by atoms with Crippen molar-refractivity contribution < 1.29 is 88.4 Å². The van der Waals surface area contributed by atoms with Crippen LogP contribution in [0.1, 0.15) is 167 Å². The number of aromatic nitrogens is 4. The molecule has 0 spiro atoms. The third-order valence-corrected chi connectivity index (χ3v) is 34.4. The molecule has 722 valence electrons. The van der Waals surface area contributed by atoms with Crippen molar-refractivity contribution in [2.24, 2.45) is 0 Å². The molecule has 1 saturated carbocycles. The molecule has 8 atom stereocenters. The Hall–Kier alpha value is -9.63. The monoisotopic (exact) mass is 1910 g/mol. The molecular formula is C102H137N9O19SSi3. The Morgan fingerprint density at radius 1 is 0.575 bits per heavy atom. The number of rotatable bonds is 49. The summed E-state index contributed by atoms with van der Waals surface area (Å²) in [6.45, 7) is 11.6. The van der Waals surface area contributed by atoms with Crippen LogP contribution in [0.2, 0.25) is 39.3 Å². The highest BCUT2D eigenvalue weighted by Crippen LogP contribution is 2.51. The minimum atomic E-state index is -4.28. The Kier molecular flexibility index (Phi) is 37.5. The maximum absolute atomic E-state index is 16.1. The first-order valence-corrected chi connectivity index (χ1v) is 56.9. The van der Waals surface area contributed by atoms with Gasteiger partial charge in [-0.3, -0.25) is 14.2 Å². The number of benzene rings is 7. The molecule has 0 bridgehead atoms. The molecular weight excluding hydrogens is 1770 g/mol. The number of anilines is 1. The summed E-state index contributed by atoms with van der Waals surface area (Å²) in [5, 5.41) is 13.7. The number of fused-ring (bicyclic) bond motifs is 2. The fraction of sp³-hybridized carbons (Fsp3) is 0.500. The molecule has 13 rings (SSSR count). The Balaban J connectivity index is 0.750. The summed E-state index contributed by atoms with van der Waals surface area (Å²) in [5.74, 6) is 2.61. The molecule has 4 amide bonds. The second kappa shape index (κ2) is 49.4. The number of carbonyl (C=O) groups is 4. The van der Waals surface area contributed by atoms with Gasteiger partial charge in [-0.15, -0.1) is 0 Å². The van der Waals surface area contributed by atoms with E-state index in [1.807, 2.05) is 151 Å². The van der Waals surface area contributed by atoms with Crippen LogP contribution in [0.5, 0.6) is 23.0 Å². The number of hydrogen-bond acceptors (Lipinski definition) is 24. The summed E-state index contributed by atoms with van der Waals surface area (Å²) in [4.78, 5) is 76.4. The summed E-state index contributed by atoms with van der Waals surface area (Å²) in [7, 11) is 0.121. The number of ether oxygens (including phenoxy) is 11. The van der Waals surface area contributed by atoms with E-state index in [0.29, 0.717) is 78.6 Å². The van der Waals surface area contributed by atoms with Gasteiger partial charge in [0.15, 0.2) is 45.9 Å². The van der Waals surface area contributed by atoms with Gasteiger partial charge in [-0.05, 0) is 165 Å². The molecule has 2 aromatic heterocycles. The number of amides is 4. The van der Waals surface area contributed by atoms with Crippen LogP contribution >= 0.6 is 11.8 Å². The molecule has 134 heavy (non-hydrogen) atoms. The number of imidazole rings is 1. The van der Waals surface area contributed by atoms with Gasteiger partial charge in [-0.25, -0.2) is 24.5 Å². The van der Waals surface area contributed by atoms with Crippen LogP contribution in [-0.2, 0) is 82.1 Å². The standard InChI is InChI=1S/C102H137N9O19SSi3/c1-116-64-66-122-100(123-67-65-117-2)127-94-93(126-98(114)85(68-73-36-24-20-25-37-73)107-90(113)46-32-23-35-63-103-89(112)45-34-33-44-88-91-86(70-131-88)111(99(115)108-91)102(77-40-28-22-29-41-77,78-51-59-82(120-5)60-52-78)79-53-61-83(121-6)62-54-79)87(69-124-134(129-132(7,8)9,130-133(10,11)12)128-84-42-30-18-16-14-13-15-17-19-31-43-84)125-97(94)110-72-106-92-95(104-71-105-96(92)110)109-101(74-38-26-21-27-39-74,75-47-55-80(118-3)56-48-75)76-49-57-81(119-4)58-50-76/h20-22,24-29,36-41,47-62,71-72,84-88,91,93-94,97,100H,13-19,23,30-35,42-46,63-70H2,1-12H3,(H,103,112)(H,107,113)(H,108,115)(H,104,105,109)/t85-,86-,87+,88-,91-,93+,94+,97+/m0/s1/i126+2. The Labute approximate surface area is 797 Å². The van der Waals surface area contributed by atoms with Crippen LogP contribution in [0.25, 0.3) is 11.2 Å². The van der Waals surface area contributed by atoms with Gasteiger partial charge in [0.2, 0.25) is 11.8 Å². The lowest BCUT2D eigenvalue weighted by Gasteiger charge is -2.45. The van der Waals surface area contributed by atoms with Gasteiger partial charge in [-0.2, -0.15) is 11.8 Å². The summed E-state index contributed by atoms with van der Waals surface area (Å²) >= 11 is 1.87. The van der Waals surface area contributed by atoms with E-state index in [1.165, 1.54) is 25.6 Å². The predicted molar refractivity (Wildman–Crippen MR) is 524 cm³/mol. The van der Waals surface area contributed by atoms with Crippen molar-refractivity contribution in [2.75, 3.05) is 93.3 Å². The van der Waals surface area contributed by atoms with Crippen molar-refractivity contribution in [3.8, 4) is 23.0 Å². The lowest BCUT2D eigenvalue weighted by Crippen LogP contribution is -2.61. The molecule has 4 fully saturated rings. The number of hydrogen-bond donors (Lipinski definition) is 4. The zero-order valence-corrected chi connectivity index (χ0v) is 83.6. The van der Waals surface area contributed by atoms with E-state index in [-0.39, 0.29) is 87.2 Å². The van der Waals surface area contributed by atoms with Gasteiger partial charge in [0, 0.05) is 51.0 Å². The number of unbranched alkanes of at least 4 members (excludes halogenated alkanes) is 3. The molecule has 28 nitrogen and oxygen atoms in total. The second-order valence-electron chi connectivity index (χ2n) is 36.6. The van der Waals surface area contributed by atoms with Gasteiger partial charge in [0.25, 0.3) is 6.48 Å². The highest BCUT2D eigenvalue weighted by atomic mass is 32.2. The van der Waals surface area contributed by atoms with Crippen LogP contribution in [0.4, 0.5) is 10.6 Å². The summed E-state index contributed by atoms with van der Waals surface area (Å²) in [6.07, 6.45) is 13.5. The van der Waals surface area contributed by atoms with Crippen molar-refractivity contribution in [1.82, 2.24) is 40.4 Å². The minimum Gasteiger partial charge on any atom is -0.497 e. The van der Waals surface area contributed by atoms with Gasteiger partial charge in [0.05, 0.1) is 86.0 Å². The van der Waals surface area contributed by atoms with E-state index in [1.54, 1.807) is 53.6 Å². The first-order valence-electron chi connectivity index (χ1n) is 47.4. The maximum atomic E-state index is 16.1. The van der Waals surface area contributed by atoms with Gasteiger partial charge in [-0.1, -0.05) is 210 Å². The number of nitrogens with zero attached hydrogens (tertiary/aromatic N) is 5. The van der Waals surface area contributed by atoms with Crippen molar-refractivity contribution in [1.29, 1.82) is 0 Å². The van der Waals surface area contributed by atoms with Crippen molar-refractivity contribution in [3.05, 3.63) is 240 Å². The van der Waals surface area contributed by atoms with Crippen LogP contribution < -0.4 is 40.2 Å². The molecule has 0 radical (unpaired) electrons. The zero-order valence-electron chi connectivity index (χ0n) is 79.8. The molecule has 9 aromatic rings. The molecule has 5 heterocycles. The minimum absolute atomic E-state index is 0.0187. The Morgan fingerprint density at radius 3 is 1.61 bits per heavy atom. The zero-order chi connectivity index (χ0) is 94.5. The third-order valence-electron chi connectivity index (χ3n) is 24.9. The van der Waals surface area contributed by atoms with Gasteiger partial charge in [0.1, 0.15) is 58.7 Å². The molecule has 1 aliphatic carbocycles. The molecule has 4 N–H and O–H groups in total. The number of carbonyl (C=O) groups excluding carboxylic acids is 4. The van der Waals surface area contributed by atoms with E-state index >= 15 is 4.79 Å². The largest absolute Gasteiger partial charge is 0.658 e. The van der Waals surface area contributed by atoms with E-state index < -0.39 is 79.8 Å². The topological polar surface area (TPSA) is 302 Å². The highest BCUT2D eigenvalue weighted by Gasteiger charge is 2.60.